The number of hydrogen-bond acceptors (Lipinski definition) is 4. The number of carbonyl (C=O) groups is 2. The van der Waals surface area contributed by atoms with Crippen LogP contribution in [-0.4, -0.2) is 54.0 Å². The molecule has 3 amide bonds. The highest BCUT2D eigenvalue weighted by molar-refractivity contribution is 6.04. The van der Waals surface area contributed by atoms with E-state index in [0.29, 0.717) is 6.54 Å². The molecule has 3 rings (SSSR count). The van der Waals surface area contributed by atoms with E-state index in [4.69, 9.17) is 4.42 Å². The minimum Gasteiger partial charge on any atom is -0.469 e. The minimum absolute atomic E-state index is 0.00767. The smallest absolute Gasteiger partial charge is 0.327 e. The molecule has 0 bridgehead atoms. The first kappa shape index (κ1) is 15.1. The number of furan rings is 1. The zero-order valence-electron chi connectivity index (χ0n) is 12.8. The van der Waals surface area contributed by atoms with Gasteiger partial charge in [-0.15, -0.1) is 0 Å². The highest BCUT2D eigenvalue weighted by Gasteiger charge is 2.46. The summed E-state index contributed by atoms with van der Waals surface area (Å²) >= 11 is 0. The fraction of sp³-hybridized carbons (Fsp3) is 0.625. The molecule has 1 atom stereocenters. The van der Waals surface area contributed by atoms with Gasteiger partial charge in [0.15, 0.2) is 0 Å². The van der Waals surface area contributed by atoms with Gasteiger partial charge in [0.25, 0.3) is 5.91 Å². The number of hydrogen-bond donors (Lipinski definition) is 1. The quantitative estimate of drug-likeness (QED) is 0.585. The van der Waals surface area contributed by atoms with Crippen LogP contribution in [0.5, 0.6) is 0 Å². The van der Waals surface area contributed by atoms with E-state index in [9.17, 15) is 9.59 Å². The summed E-state index contributed by atoms with van der Waals surface area (Å²) in [5.41, 5.74) is 0. The monoisotopic (exact) mass is 305 g/mol. The predicted molar refractivity (Wildman–Crippen MR) is 81.4 cm³/mol. The molecule has 1 aromatic heterocycles. The summed E-state index contributed by atoms with van der Waals surface area (Å²) < 4.78 is 5.26. The second kappa shape index (κ2) is 6.96. The van der Waals surface area contributed by atoms with Crippen molar-refractivity contribution in [2.75, 3.05) is 26.2 Å². The molecule has 2 saturated heterocycles. The van der Waals surface area contributed by atoms with E-state index < -0.39 is 0 Å². The van der Waals surface area contributed by atoms with E-state index in [1.807, 2.05) is 12.1 Å². The highest BCUT2D eigenvalue weighted by Crippen LogP contribution is 2.27. The van der Waals surface area contributed by atoms with Crippen molar-refractivity contribution in [3.05, 3.63) is 24.2 Å². The van der Waals surface area contributed by atoms with Gasteiger partial charge in [-0.25, -0.2) is 4.79 Å². The third-order valence-electron chi connectivity index (χ3n) is 4.39. The lowest BCUT2D eigenvalue weighted by Crippen LogP contribution is -2.34. The SMILES string of the molecule is O=C1C2CCCN2C(=O)N1CCCCNCCc1ccco1. The number of unbranched alkanes of at least 4 members (excludes halogenated alkanes) is 1. The van der Waals surface area contributed by atoms with E-state index >= 15 is 0 Å². The third-order valence-corrected chi connectivity index (χ3v) is 4.39. The molecule has 3 heterocycles. The van der Waals surface area contributed by atoms with Gasteiger partial charge in [0.1, 0.15) is 11.8 Å². The summed E-state index contributed by atoms with van der Waals surface area (Å²) in [7, 11) is 0. The maximum absolute atomic E-state index is 12.1. The van der Waals surface area contributed by atoms with E-state index in [-0.39, 0.29) is 18.0 Å². The first-order valence-electron chi connectivity index (χ1n) is 8.12. The number of fused-ring (bicyclic) bond motifs is 1. The summed E-state index contributed by atoms with van der Waals surface area (Å²) in [6, 6.07) is 3.61. The number of nitrogens with one attached hydrogen (secondary N) is 1. The van der Waals surface area contributed by atoms with E-state index in [1.54, 1.807) is 11.2 Å². The summed E-state index contributed by atoms with van der Waals surface area (Å²) in [5.74, 6) is 0.995. The van der Waals surface area contributed by atoms with E-state index in [1.165, 1.54) is 4.90 Å². The Morgan fingerprint density at radius 1 is 1.27 bits per heavy atom. The molecule has 0 radical (unpaired) electrons. The normalized spacial score (nSPS) is 21.0. The fourth-order valence-electron chi connectivity index (χ4n) is 3.20. The second-order valence-corrected chi connectivity index (χ2v) is 5.91. The van der Waals surface area contributed by atoms with Gasteiger partial charge < -0.3 is 14.6 Å². The van der Waals surface area contributed by atoms with Crippen molar-refractivity contribution < 1.29 is 14.0 Å². The summed E-state index contributed by atoms with van der Waals surface area (Å²) in [6.45, 7) is 3.06. The van der Waals surface area contributed by atoms with Gasteiger partial charge in [-0.1, -0.05) is 0 Å². The van der Waals surface area contributed by atoms with Crippen molar-refractivity contribution in [1.29, 1.82) is 0 Å². The largest absolute Gasteiger partial charge is 0.469 e. The van der Waals surface area contributed by atoms with Crippen LogP contribution in [0.1, 0.15) is 31.4 Å². The lowest BCUT2D eigenvalue weighted by molar-refractivity contribution is -0.128. The highest BCUT2D eigenvalue weighted by atomic mass is 16.3. The molecule has 22 heavy (non-hydrogen) atoms. The van der Waals surface area contributed by atoms with Gasteiger partial charge in [-0.3, -0.25) is 9.69 Å². The number of carbonyl (C=O) groups excluding carboxylic acids is 2. The molecule has 0 aromatic carbocycles. The van der Waals surface area contributed by atoms with Crippen LogP contribution in [0.25, 0.3) is 0 Å². The van der Waals surface area contributed by atoms with Crippen LogP contribution in [0.15, 0.2) is 22.8 Å². The molecule has 2 fully saturated rings. The van der Waals surface area contributed by atoms with Crippen molar-refractivity contribution >= 4 is 11.9 Å². The van der Waals surface area contributed by atoms with Crippen molar-refractivity contribution in [2.45, 2.75) is 38.1 Å². The maximum atomic E-state index is 12.1. The van der Waals surface area contributed by atoms with Crippen LogP contribution in [0.3, 0.4) is 0 Å². The molecule has 0 spiro atoms. The number of rotatable bonds is 8. The number of urea groups is 1. The molecule has 0 aliphatic carbocycles. The zero-order chi connectivity index (χ0) is 15.4. The number of amides is 3. The van der Waals surface area contributed by atoms with E-state index in [0.717, 1.165) is 57.5 Å². The maximum Gasteiger partial charge on any atom is 0.327 e. The van der Waals surface area contributed by atoms with Gasteiger partial charge >= 0.3 is 6.03 Å². The Bertz CT molecular complexity index is 493. The average Bonchev–Trinajstić information content (AvgIpc) is 3.22. The van der Waals surface area contributed by atoms with Crippen molar-refractivity contribution in [1.82, 2.24) is 15.1 Å². The van der Waals surface area contributed by atoms with Gasteiger partial charge in [-0.2, -0.15) is 0 Å². The fourth-order valence-corrected chi connectivity index (χ4v) is 3.20. The van der Waals surface area contributed by atoms with Crippen LogP contribution < -0.4 is 5.32 Å². The van der Waals surface area contributed by atoms with Crippen LogP contribution in [0.2, 0.25) is 0 Å². The van der Waals surface area contributed by atoms with Gasteiger partial charge in [0.05, 0.1) is 6.26 Å². The standard InChI is InChI=1S/C16H23N3O3/c20-15-14-6-3-11-18(14)16(21)19(15)10-2-1-8-17-9-7-13-5-4-12-22-13/h4-5,12,14,17H,1-3,6-11H2. The first-order chi connectivity index (χ1) is 10.8. The van der Waals surface area contributed by atoms with Crippen LogP contribution >= 0.6 is 0 Å². The zero-order valence-corrected chi connectivity index (χ0v) is 12.8. The summed E-state index contributed by atoms with van der Waals surface area (Å²) in [6.07, 6.45) is 6.16. The number of imide groups is 1. The Balaban J connectivity index is 1.29. The molecule has 1 aromatic rings. The summed E-state index contributed by atoms with van der Waals surface area (Å²) in [5, 5.41) is 3.35. The third kappa shape index (κ3) is 3.16. The molecule has 6 nitrogen and oxygen atoms in total. The predicted octanol–water partition coefficient (Wildman–Crippen LogP) is 1.62. The lowest BCUT2D eigenvalue weighted by Gasteiger charge is -2.15. The van der Waals surface area contributed by atoms with Gasteiger partial charge in [-0.05, 0) is 44.4 Å². The second-order valence-electron chi connectivity index (χ2n) is 5.91. The molecule has 2 aliphatic heterocycles. The van der Waals surface area contributed by atoms with Crippen molar-refractivity contribution in [3.8, 4) is 0 Å². The molecule has 1 unspecified atom stereocenters. The Morgan fingerprint density at radius 3 is 2.95 bits per heavy atom. The minimum atomic E-state index is -0.168. The van der Waals surface area contributed by atoms with Crippen LogP contribution in [0.4, 0.5) is 4.79 Å². The van der Waals surface area contributed by atoms with E-state index in [2.05, 4.69) is 5.32 Å². The molecular formula is C16H23N3O3. The topological polar surface area (TPSA) is 65.8 Å². The molecule has 2 aliphatic rings. The van der Waals surface area contributed by atoms with Crippen LogP contribution in [-0.2, 0) is 11.2 Å². The number of nitrogens with zero attached hydrogens (tertiary/aromatic N) is 2. The van der Waals surface area contributed by atoms with Gasteiger partial charge in [0.2, 0.25) is 0 Å². The van der Waals surface area contributed by atoms with Crippen molar-refractivity contribution in [3.63, 3.8) is 0 Å². The molecule has 6 heteroatoms. The lowest BCUT2D eigenvalue weighted by atomic mass is 10.2. The Labute approximate surface area is 130 Å². The molecule has 1 N–H and O–H groups in total. The Kier molecular flexibility index (Phi) is 4.77. The Morgan fingerprint density at radius 2 is 2.18 bits per heavy atom. The first-order valence-corrected chi connectivity index (χ1v) is 8.12. The van der Waals surface area contributed by atoms with Crippen molar-refractivity contribution in [2.24, 2.45) is 0 Å². The average molecular weight is 305 g/mol. The van der Waals surface area contributed by atoms with Gasteiger partial charge in [0, 0.05) is 26.1 Å². The molecular weight excluding hydrogens is 282 g/mol. The molecule has 0 saturated carbocycles. The molecule has 120 valence electrons. The summed E-state index contributed by atoms with van der Waals surface area (Å²) in [4.78, 5) is 27.4. The van der Waals surface area contributed by atoms with Crippen LogP contribution in [0, 0.1) is 0 Å². The Hall–Kier alpha value is -1.82.